The summed E-state index contributed by atoms with van der Waals surface area (Å²) in [6, 6.07) is 1.78. The van der Waals surface area contributed by atoms with Crippen LogP contribution in [-0.2, 0) is 23.2 Å². The third kappa shape index (κ3) is 3.44. The lowest BCUT2D eigenvalue weighted by Gasteiger charge is -2.05. The third-order valence-electron chi connectivity index (χ3n) is 2.42. The van der Waals surface area contributed by atoms with Crippen LogP contribution in [0.1, 0.15) is 19.5 Å². The van der Waals surface area contributed by atoms with Crippen LogP contribution in [0.2, 0.25) is 0 Å². The van der Waals surface area contributed by atoms with Crippen LogP contribution in [0.25, 0.3) is 0 Å². The second-order valence-electron chi connectivity index (χ2n) is 3.72. The van der Waals surface area contributed by atoms with E-state index in [-0.39, 0.29) is 17.7 Å². The van der Waals surface area contributed by atoms with Crippen LogP contribution in [0.3, 0.4) is 0 Å². The molecule has 2 N–H and O–H groups in total. The normalized spacial score (nSPS) is 11.9. The summed E-state index contributed by atoms with van der Waals surface area (Å²) in [6.45, 7) is 3.17. The number of amides is 1. The van der Waals surface area contributed by atoms with Crippen molar-refractivity contribution in [3.8, 4) is 0 Å². The molecule has 17 heavy (non-hydrogen) atoms. The molecule has 0 bridgehead atoms. The number of nitrogens with one attached hydrogen (secondary N) is 1. The van der Waals surface area contributed by atoms with Crippen LogP contribution in [0.15, 0.2) is 23.4 Å². The first kappa shape index (κ1) is 13.0. The van der Waals surface area contributed by atoms with Gasteiger partial charge in [0, 0.05) is 24.4 Å². The molecule has 1 heterocycles. The van der Waals surface area contributed by atoms with Crippen molar-refractivity contribution in [2.24, 2.45) is 7.05 Å². The topological polar surface area (TPSA) is 84.2 Å². The van der Waals surface area contributed by atoms with Gasteiger partial charge in [-0.05, 0) is 19.9 Å². The van der Waals surface area contributed by atoms with Crippen LogP contribution < -0.4 is 5.32 Å². The highest BCUT2D eigenvalue weighted by molar-refractivity contribution is 6.01. The van der Waals surface area contributed by atoms with Gasteiger partial charge in [0.2, 0.25) is 5.91 Å². The molecule has 1 aromatic rings. The monoisotopic (exact) mass is 237 g/mol. The molecule has 6 nitrogen and oxygen atoms in total. The molecule has 0 atom stereocenters. The molecular weight excluding hydrogens is 222 g/mol. The van der Waals surface area contributed by atoms with Crippen molar-refractivity contribution in [1.82, 2.24) is 15.1 Å². The summed E-state index contributed by atoms with van der Waals surface area (Å²) in [4.78, 5) is 22.3. The Labute approximate surface area is 98.9 Å². The zero-order chi connectivity index (χ0) is 13.0. The number of hydrogen-bond donors (Lipinski definition) is 2. The Morgan fingerprint density at radius 3 is 2.53 bits per heavy atom. The van der Waals surface area contributed by atoms with E-state index in [4.69, 9.17) is 5.11 Å². The maximum Gasteiger partial charge on any atom is 0.331 e. The highest BCUT2D eigenvalue weighted by Crippen LogP contribution is 2.04. The van der Waals surface area contributed by atoms with Crippen LogP contribution in [0.5, 0.6) is 0 Å². The van der Waals surface area contributed by atoms with Gasteiger partial charge in [0.15, 0.2) is 0 Å². The lowest BCUT2D eigenvalue weighted by Crippen LogP contribution is -2.25. The highest BCUT2D eigenvalue weighted by atomic mass is 16.4. The number of carbonyl (C=O) groups excluding carboxylic acids is 1. The number of carboxylic acid groups (broad SMARTS) is 1. The lowest BCUT2D eigenvalue weighted by molar-refractivity contribution is -0.133. The van der Waals surface area contributed by atoms with Crippen LogP contribution >= 0.6 is 0 Å². The Bertz CT molecular complexity index is 474. The molecule has 0 spiro atoms. The van der Waals surface area contributed by atoms with E-state index in [2.05, 4.69) is 10.4 Å². The number of aromatic nitrogens is 2. The second kappa shape index (κ2) is 5.29. The van der Waals surface area contributed by atoms with Gasteiger partial charge in [-0.2, -0.15) is 5.10 Å². The Balaban J connectivity index is 2.62. The largest absolute Gasteiger partial charge is 0.478 e. The molecule has 0 aliphatic heterocycles. The smallest absolute Gasteiger partial charge is 0.331 e. The Hall–Kier alpha value is -2.11. The molecule has 0 aromatic carbocycles. The van der Waals surface area contributed by atoms with Crippen molar-refractivity contribution in [3.63, 3.8) is 0 Å². The summed E-state index contributed by atoms with van der Waals surface area (Å²) in [5.41, 5.74) is 0.971. The average Bonchev–Trinajstić information content (AvgIpc) is 2.69. The van der Waals surface area contributed by atoms with Gasteiger partial charge in [0.05, 0.1) is 12.2 Å². The average molecular weight is 237 g/mol. The summed E-state index contributed by atoms with van der Waals surface area (Å²) in [6.07, 6.45) is 1.77. The van der Waals surface area contributed by atoms with Crippen LogP contribution in [0, 0.1) is 0 Å². The predicted molar refractivity (Wildman–Crippen MR) is 61.1 cm³/mol. The maximum absolute atomic E-state index is 11.6. The number of carboxylic acids is 1. The Kier molecular flexibility index (Phi) is 4.03. The molecular formula is C11H15N3O3. The van der Waals surface area contributed by atoms with E-state index >= 15 is 0 Å². The predicted octanol–water partition coefficient (Wildman–Crippen LogP) is 0.457. The number of aryl methyl sites for hydroxylation is 1. The van der Waals surface area contributed by atoms with E-state index in [1.54, 1.807) is 24.0 Å². The minimum Gasteiger partial charge on any atom is -0.478 e. The number of rotatable bonds is 4. The highest BCUT2D eigenvalue weighted by Gasteiger charge is 2.12. The summed E-state index contributed by atoms with van der Waals surface area (Å²) in [5.74, 6) is -1.48. The Morgan fingerprint density at radius 1 is 1.41 bits per heavy atom. The fourth-order valence-corrected chi connectivity index (χ4v) is 1.19. The van der Waals surface area contributed by atoms with Crippen molar-refractivity contribution in [2.45, 2.75) is 20.4 Å². The molecule has 92 valence electrons. The standard InChI is InChI=1S/C11H15N3O3/c1-7(8(2)11(16)17)10(15)12-6-9-4-5-14(3)13-9/h4-5H,6H2,1-3H3,(H,12,15)(H,16,17)/b8-7+. The third-order valence-corrected chi connectivity index (χ3v) is 2.42. The number of aliphatic carboxylic acids is 1. The van der Waals surface area contributed by atoms with E-state index in [0.29, 0.717) is 0 Å². The summed E-state index contributed by atoms with van der Waals surface area (Å²) in [5, 5.41) is 15.4. The van der Waals surface area contributed by atoms with E-state index in [0.717, 1.165) is 5.69 Å². The van der Waals surface area contributed by atoms with Gasteiger partial charge in [-0.15, -0.1) is 0 Å². The molecule has 1 aromatic heterocycles. The molecule has 1 amide bonds. The van der Waals surface area contributed by atoms with E-state index < -0.39 is 11.9 Å². The van der Waals surface area contributed by atoms with Crippen molar-refractivity contribution in [3.05, 3.63) is 29.1 Å². The second-order valence-corrected chi connectivity index (χ2v) is 3.72. The van der Waals surface area contributed by atoms with Gasteiger partial charge in [0.25, 0.3) is 0 Å². The first-order valence-electron chi connectivity index (χ1n) is 5.09. The van der Waals surface area contributed by atoms with Gasteiger partial charge in [-0.1, -0.05) is 0 Å². The summed E-state index contributed by atoms with van der Waals surface area (Å²) >= 11 is 0. The molecule has 0 radical (unpaired) electrons. The maximum atomic E-state index is 11.6. The van der Waals surface area contributed by atoms with Gasteiger partial charge in [0.1, 0.15) is 0 Å². The van der Waals surface area contributed by atoms with E-state index in [1.807, 2.05) is 0 Å². The quantitative estimate of drug-likeness (QED) is 0.745. The zero-order valence-electron chi connectivity index (χ0n) is 10.0. The van der Waals surface area contributed by atoms with Gasteiger partial charge < -0.3 is 10.4 Å². The summed E-state index contributed by atoms with van der Waals surface area (Å²) < 4.78 is 1.63. The molecule has 0 fully saturated rings. The van der Waals surface area contributed by atoms with Crippen molar-refractivity contribution < 1.29 is 14.7 Å². The van der Waals surface area contributed by atoms with Gasteiger partial charge in [-0.3, -0.25) is 9.48 Å². The Morgan fingerprint density at radius 2 is 2.06 bits per heavy atom. The fraction of sp³-hybridized carbons (Fsp3) is 0.364. The van der Waals surface area contributed by atoms with Gasteiger partial charge >= 0.3 is 5.97 Å². The summed E-state index contributed by atoms with van der Waals surface area (Å²) in [7, 11) is 1.78. The molecule has 0 saturated heterocycles. The first-order chi connectivity index (χ1) is 7.91. The first-order valence-corrected chi connectivity index (χ1v) is 5.09. The minimum atomic E-state index is -1.09. The SMILES string of the molecule is C/C(C(=O)O)=C(/C)C(=O)NCc1ccn(C)n1. The number of nitrogens with zero attached hydrogens (tertiary/aromatic N) is 2. The minimum absolute atomic E-state index is 0.0449. The van der Waals surface area contributed by atoms with Crippen LogP contribution in [0.4, 0.5) is 0 Å². The van der Waals surface area contributed by atoms with Crippen molar-refractivity contribution in [2.75, 3.05) is 0 Å². The van der Waals surface area contributed by atoms with Crippen molar-refractivity contribution in [1.29, 1.82) is 0 Å². The number of hydrogen-bond acceptors (Lipinski definition) is 3. The lowest BCUT2D eigenvalue weighted by atomic mass is 10.1. The van der Waals surface area contributed by atoms with E-state index in [9.17, 15) is 9.59 Å². The molecule has 0 aliphatic carbocycles. The number of carbonyl (C=O) groups is 2. The molecule has 0 aliphatic rings. The zero-order valence-corrected chi connectivity index (χ0v) is 10.0. The van der Waals surface area contributed by atoms with E-state index in [1.165, 1.54) is 13.8 Å². The van der Waals surface area contributed by atoms with Crippen LogP contribution in [-0.4, -0.2) is 26.8 Å². The molecule has 0 saturated carbocycles. The molecule has 6 heteroatoms. The fourth-order valence-electron chi connectivity index (χ4n) is 1.19. The molecule has 0 unspecified atom stereocenters. The van der Waals surface area contributed by atoms with Crippen molar-refractivity contribution >= 4 is 11.9 Å². The van der Waals surface area contributed by atoms with Gasteiger partial charge in [-0.25, -0.2) is 4.79 Å². The molecule has 1 rings (SSSR count).